The molecule has 0 aliphatic heterocycles. The molecule has 0 radical (unpaired) electrons. The van der Waals surface area contributed by atoms with Crippen molar-refractivity contribution in [1.29, 1.82) is 0 Å². The van der Waals surface area contributed by atoms with Gasteiger partial charge in [-0.05, 0) is 30.0 Å². The minimum Gasteiger partial charge on any atom is -0.310 e. The van der Waals surface area contributed by atoms with Crippen molar-refractivity contribution in [2.24, 2.45) is 5.92 Å². The summed E-state index contributed by atoms with van der Waals surface area (Å²) in [6, 6.07) is 5.34. The van der Waals surface area contributed by atoms with E-state index in [0.717, 1.165) is 23.0 Å². The largest absolute Gasteiger partial charge is 0.310 e. The molecule has 0 amide bonds. The van der Waals surface area contributed by atoms with Crippen LogP contribution < -0.4 is 5.32 Å². The van der Waals surface area contributed by atoms with Crippen LogP contribution in [0.2, 0.25) is 0 Å². The first-order valence-corrected chi connectivity index (χ1v) is 6.51. The van der Waals surface area contributed by atoms with Crippen molar-refractivity contribution in [2.45, 2.75) is 39.8 Å². The maximum atomic E-state index is 12.9. The summed E-state index contributed by atoms with van der Waals surface area (Å²) in [5, 5.41) is 3.49. The second kappa shape index (κ2) is 6.36. The van der Waals surface area contributed by atoms with E-state index < -0.39 is 0 Å². The summed E-state index contributed by atoms with van der Waals surface area (Å²) < 4.78 is 13.7. The molecular weight excluding hydrogens is 269 g/mol. The molecule has 90 valence electrons. The number of rotatable bonds is 5. The summed E-state index contributed by atoms with van der Waals surface area (Å²) in [5.74, 6) is 0.413. The molecule has 0 bridgehead atoms. The molecular formula is C13H19BrFN. The highest BCUT2D eigenvalue weighted by molar-refractivity contribution is 9.10. The maximum absolute atomic E-state index is 12.9. The monoisotopic (exact) mass is 287 g/mol. The SMILES string of the molecule is CCC(NCc1ccc(F)cc1Br)C(C)C. The summed E-state index contributed by atoms with van der Waals surface area (Å²) in [4.78, 5) is 0. The molecule has 1 aromatic rings. The molecule has 0 spiro atoms. The van der Waals surface area contributed by atoms with Crippen molar-refractivity contribution in [3.63, 3.8) is 0 Å². The molecule has 0 saturated carbocycles. The zero-order chi connectivity index (χ0) is 12.1. The lowest BCUT2D eigenvalue weighted by Gasteiger charge is -2.21. The van der Waals surface area contributed by atoms with E-state index in [1.54, 1.807) is 0 Å². The Labute approximate surface area is 106 Å². The Balaban J connectivity index is 2.60. The van der Waals surface area contributed by atoms with Gasteiger partial charge in [-0.1, -0.05) is 42.8 Å². The highest BCUT2D eigenvalue weighted by Crippen LogP contribution is 2.18. The van der Waals surface area contributed by atoms with E-state index in [9.17, 15) is 4.39 Å². The van der Waals surface area contributed by atoms with Crippen LogP contribution in [0.1, 0.15) is 32.8 Å². The van der Waals surface area contributed by atoms with Gasteiger partial charge in [-0.25, -0.2) is 4.39 Å². The van der Waals surface area contributed by atoms with Gasteiger partial charge in [-0.3, -0.25) is 0 Å². The third-order valence-electron chi connectivity index (χ3n) is 2.81. The lowest BCUT2D eigenvalue weighted by atomic mass is 10.0. The van der Waals surface area contributed by atoms with Crippen LogP contribution in [-0.2, 0) is 6.54 Å². The summed E-state index contributed by atoms with van der Waals surface area (Å²) >= 11 is 3.38. The molecule has 0 saturated heterocycles. The predicted molar refractivity (Wildman–Crippen MR) is 69.9 cm³/mol. The molecule has 0 aliphatic rings. The van der Waals surface area contributed by atoms with Gasteiger partial charge < -0.3 is 5.32 Å². The third kappa shape index (κ3) is 3.87. The van der Waals surface area contributed by atoms with E-state index in [0.29, 0.717) is 12.0 Å². The molecule has 1 rings (SSSR count). The van der Waals surface area contributed by atoms with Crippen LogP contribution in [0.4, 0.5) is 4.39 Å². The van der Waals surface area contributed by atoms with Gasteiger partial charge in [0.1, 0.15) is 5.82 Å². The Bertz CT molecular complexity index is 339. The van der Waals surface area contributed by atoms with Crippen LogP contribution >= 0.6 is 15.9 Å². The predicted octanol–water partition coefficient (Wildman–Crippen LogP) is 4.11. The van der Waals surface area contributed by atoms with Crippen molar-refractivity contribution in [2.75, 3.05) is 0 Å². The number of halogens is 2. The van der Waals surface area contributed by atoms with Gasteiger partial charge in [-0.2, -0.15) is 0 Å². The van der Waals surface area contributed by atoms with Gasteiger partial charge in [0.05, 0.1) is 0 Å². The lowest BCUT2D eigenvalue weighted by molar-refractivity contribution is 0.387. The normalized spacial score (nSPS) is 13.1. The summed E-state index contributed by atoms with van der Waals surface area (Å²) in [6.07, 6.45) is 1.11. The highest BCUT2D eigenvalue weighted by Gasteiger charge is 2.10. The Hall–Kier alpha value is -0.410. The van der Waals surface area contributed by atoms with Gasteiger partial charge in [0.2, 0.25) is 0 Å². The van der Waals surface area contributed by atoms with E-state index in [-0.39, 0.29) is 5.82 Å². The number of nitrogens with one attached hydrogen (secondary N) is 1. The fraction of sp³-hybridized carbons (Fsp3) is 0.538. The minimum atomic E-state index is -0.202. The fourth-order valence-corrected chi connectivity index (χ4v) is 2.25. The Kier molecular flexibility index (Phi) is 5.42. The van der Waals surface area contributed by atoms with E-state index in [4.69, 9.17) is 0 Å². The van der Waals surface area contributed by atoms with Crippen LogP contribution in [-0.4, -0.2) is 6.04 Å². The average Bonchev–Trinajstić information content (AvgIpc) is 2.21. The zero-order valence-electron chi connectivity index (χ0n) is 10.1. The molecule has 1 N–H and O–H groups in total. The smallest absolute Gasteiger partial charge is 0.124 e. The molecule has 0 aromatic heterocycles. The van der Waals surface area contributed by atoms with Crippen LogP contribution in [0.25, 0.3) is 0 Å². The lowest BCUT2D eigenvalue weighted by Crippen LogP contribution is -2.32. The third-order valence-corrected chi connectivity index (χ3v) is 3.55. The first-order chi connectivity index (χ1) is 7.54. The molecule has 0 aliphatic carbocycles. The molecule has 1 unspecified atom stereocenters. The minimum absolute atomic E-state index is 0.202. The number of hydrogen-bond acceptors (Lipinski definition) is 1. The number of benzene rings is 1. The molecule has 1 nitrogen and oxygen atoms in total. The first-order valence-electron chi connectivity index (χ1n) is 5.72. The molecule has 0 heterocycles. The van der Waals surface area contributed by atoms with Crippen molar-refractivity contribution in [3.8, 4) is 0 Å². The van der Waals surface area contributed by atoms with Crippen molar-refractivity contribution in [1.82, 2.24) is 5.32 Å². The zero-order valence-corrected chi connectivity index (χ0v) is 11.6. The van der Waals surface area contributed by atoms with Gasteiger partial charge in [0.15, 0.2) is 0 Å². The van der Waals surface area contributed by atoms with E-state index in [1.807, 2.05) is 6.07 Å². The Morgan fingerprint density at radius 2 is 2.06 bits per heavy atom. The van der Waals surface area contributed by atoms with E-state index in [2.05, 4.69) is 42.0 Å². The highest BCUT2D eigenvalue weighted by atomic mass is 79.9. The summed E-state index contributed by atoms with van der Waals surface area (Å²) in [5.41, 5.74) is 1.10. The molecule has 1 aromatic carbocycles. The first kappa shape index (κ1) is 13.7. The van der Waals surface area contributed by atoms with Gasteiger partial charge in [0.25, 0.3) is 0 Å². The molecule has 0 fully saturated rings. The Morgan fingerprint density at radius 3 is 2.56 bits per heavy atom. The summed E-state index contributed by atoms with van der Waals surface area (Å²) in [6.45, 7) is 7.37. The Morgan fingerprint density at radius 1 is 1.38 bits per heavy atom. The molecule has 3 heteroatoms. The molecule has 1 atom stereocenters. The second-order valence-corrected chi connectivity index (χ2v) is 5.23. The van der Waals surface area contributed by atoms with Crippen LogP contribution in [0.5, 0.6) is 0 Å². The van der Waals surface area contributed by atoms with Crippen molar-refractivity contribution < 1.29 is 4.39 Å². The molecule has 16 heavy (non-hydrogen) atoms. The van der Waals surface area contributed by atoms with Crippen molar-refractivity contribution in [3.05, 3.63) is 34.1 Å². The van der Waals surface area contributed by atoms with Crippen LogP contribution in [0.15, 0.2) is 22.7 Å². The topological polar surface area (TPSA) is 12.0 Å². The van der Waals surface area contributed by atoms with Gasteiger partial charge in [0, 0.05) is 17.1 Å². The van der Waals surface area contributed by atoms with Crippen LogP contribution in [0, 0.1) is 11.7 Å². The van der Waals surface area contributed by atoms with Gasteiger partial charge in [-0.15, -0.1) is 0 Å². The fourth-order valence-electron chi connectivity index (χ4n) is 1.76. The van der Waals surface area contributed by atoms with Gasteiger partial charge >= 0.3 is 0 Å². The van der Waals surface area contributed by atoms with E-state index in [1.165, 1.54) is 12.1 Å². The van der Waals surface area contributed by atoms with Crippen LogP contribution in [0.3, 0.4) is 0 Å². The average molecular weight is 288 g/mol. The quantitative estimate of drug-likeness (QED) is 0.859. The number of hydrogen-bond donors (Lipinski definition) is 1. The maximum Gasteiger partial charge on any atom is 0.124 e. The standard InChI is InChI=1S/C13H19BrFN/c1-4-13(9(2)3)16-8-10-5-6-11(15)7-12(10)14/h5-7,9,13,16H,4,8H2,1-3H3. The second-order valence-electron chi connectivity index (χ2n) is 4.38. The van der Waals surface area contributed by atoms with Crippen molar-refractivity contribution >= 4 is 15.9 Å². The summed E-state index contributed by atoms with van der Waals surface area (Å²) in [7, 11) is 0. The van der Waals surface area contributed by atoms with E-state index >= 15 is 0 Å².